The molecule has 0 unspecified atom stereocenters. The van der Waals surface area contributed by atoms with E-state index in [0.717, 1.165) is 0 Å². The number of aryl methyl sites for hydroxylation is 1. The predicted molar refractivity (Wildman–Crippen MR) is 54.2 cm³/mol. The molecule has 0 radical (unpaired) electrons. The molecule has 80 valence electrons. The number of rotatable bonds is 3. The lowest BCUT2D eigenvalue weighted by atomic mass is 10.4. The molecular formula is C8H15N3O2S. The van der Waals surface area contributed by atoms with Crippen molar-refractivity contribution in [3.63, 3.8) is 0 Å². The van der Waals surface area contributed by atoms with Gasteiger partial charge in [0, 0.05) is 33.5 Å². The summed E-state index contributed by atoms with van der Waals surface area (Å²) in [6, 6.07) is 0. The number of imidazole rings is 1. The zero-order valence-corrected chi connectivity index (χ0v) is 9.61. The third-order valence-corrected chi connectivity index (χ3v) is 4.30. The number of hydrogen-bond donors (Lipinski definition) is 0. The normalized spacial score (nSPS) is 14.6. The molecule has 0 saturated heterocycles. The van der Waals surface area contributed by atoms with Gasteiger partial charge in [-0.3, -0.25) is 0 Å². The minimum Gasteiger partial charge on any atom is -0.337 e. The molecule has 0 aromatic carbocycles. The monoisotopic (exact) mass is 217 g/mol. The molecule has 0 aliphatic heterocycles. The summed E-state index contributed by atoms with van der Waals surface area (Å²) >= 11 is 0. The van der Waals surface area contributed by atoms with E-state index < -0.39 is 15.3 Å². The molecule has 5 nitrogen and oxygen atoms in total. The Morgan fingerprint density at radius 2 is 2.07 bits per heavy atom. The number of sulfonamides is 1. The van der Waals surface area contributed by atoms with E-state index in [1.165, 1.54) is 18.4 Å². The second kappa shape index (κ2) is 3.70. The second-order valence-electron chi connectivity index (χ2n) is 3.37. The molecular weight excluding hydrogens is 202 g/mol. The second-order valence-corrected chi connectivity index (χ2v) is 5.83. The molecule has 0 N–H and O–H groups in total. The van der Waals surface area contributed by atoms with E-state index in [1.54, 1.807) is 30.9 Å². The van der Waals surface area contributed by atoms with Crippen LogP contribution in [0.1, 0.15) is 18.0 Å². The lowest BCUT2D eigenvalue weighted by Gasteiger charge is -2.17. The van der Waals surface area contributed by atoms with Crippen molar-refractivity contribution < 1.29 is 8.42 Å². The Kier molecular flexibility index (Phi) is 2.96. The van der Waals surface area contributed by atoms with Crippen LogP contribution in [0.2, 0.25) is 0 Å². The zero-order chi connectivity index (χ0) is 10.9. The first-order valence-electron chi connectivity index (χ1n) is 4.26. The average Bonchev–Trinajstić information content (AvgIpc) is 2.49. The van der Waals surface area contributed by atoms with E-state index in [-0.39, 0.29) is 0 Å². The standard InChI is InChI=1S/C8H15N3O2S/c1-7(14(12,13)10(2)3)8-9-5-6-11(8)4/h5-7H,1-4H3/t7-/m1/s1. The number of hydrogen-bond acceptors (Lipinski definition) is 3. The van der Waals surface area contributed by atoms with Crippen LogP contribution in [0.3, 0.4) is 0 Å². The van der Waals surface area contributed by atoms with Crippen molar-refractivity contribution in [3.05, 3.63) is 18.2 Å². The maximum Gasteiger partial charge on any atom is 0.223 e. The van der Waals surface area contributed by atoms with Crippen molar-refractivity contribution >= 4 is 10.0 Å². The van der Waals surface area contributed by atoms with Crippen LogP contribution in [0.4, 0.5) is 0 Å². The van der Waals surface area contributed by atoms with Crippen molar-refractivity contribution in [3.8, 4) is 0 Å². The number of aromatic nitrogens is 2. The minimum absolute atomic E-state index is 0.554. The SMILES string of the molecule is C[C@H](c1nccn1C)S(=O)(=O)N(C)C. The van der Waals surface area contributed by atoms with Gasteiger partial charge >= 0.3 is 0 Å². The van der Waals surface area contributed by atoms with Crippen molar-refractivity contribution in [2.45, 2.75) is 12.2 Å². The zero-order valence-electron chi connectivity index (χ0n) is 8.80. The highest BCUT2D eigenvalue weighted by Gasteiger charge is 2.27. The highest BCUT2D eigenvalue weighted by Crippen LogP contribution is 2.21. The van der Waals surface area contributed by atoms with Gasteiger partial charge in [0.2, 0.25) is 10.0 Å². The Morgan fingerprint density at radius 1 is 1.50 bits per heavy atom. The summed E-state index contributed by atoms with van der Waals surface area (Å²) < 4.78 is 26.4. The van der Waals surface area contributed by atoms with Crippen molar-refractivity contribution in [2.75, 3.05) is 14.1 Å². The molecule has 1 atom stereocenters. The van der Waals surface area contributed by atoms with E-state index in [1.807, 2.05) is 0 Å². The van der Waals surface area contributed by atoms with E-state index in [2.05, 4.69) is 4.98 Å². The summed E-state index contributed by atoms with van der Waals surface area (Å²) in [5.74, 6) is 0.554. The molecule has 1 heterocycles. The van der Waals surface area contributed by atoms with Gasteiger partial charge in [0.25, 0.3) is 0 Å². The average molecular weight is 217 g/mol. The lowest BCUT2D eigenvalue weighted by Crippen LogP contribution is -2.28. The molecule has 0 aliphatic carbocycles. The Bertz CT molecular complexity index is 408. The fourth-order valence-electron chi connectivity index (χ4n) is 1.22. The van der Waals surface area contributed by atoms with E-state index in [0.29, 0.717) is 5.82 Å². The Labute approximate surface area is 84.4 Å². The molecule has 1 aromatic heterocycles. The van der Waals surface area contributed by atoms with E-state index in [9.17, 15) is 8.42 Å². The van der Waals surface area contributed by atoms with Crippen LogP contribution in [0, 0.1) is 0 Å². The van der Waals surface area contributed by atoms with Crippen molar-refractivity contribution in [2.24, 2.45) is 7.05 Å². The van der Waals surface area contributed by atoms with Gasteiger partial charge in [0.05, 0.1) is 0 Å². The van der Waals surface area contributed by atoms with Gasteiger partial charge < -0.3 is 4.57 Å². The third kappa shape index (κ3) is 1.80. The predicted octanol–water partition coefficient (Wildman–Crippen LogP) is 0.373. The van der Waals surface area contributed by atoms with Gasteiger partial charge in [-0.05, 0) is 6.92 Å². The molecule has 6 heteroatoms. The molecule has 0 bridgehead atoms. The molecule has 0 saturated carbocycles. The fourth-order valence-corrected chi connectivity index (χ4v) is 2.34. The van der Waals surface area contributed by atoms with Crippen LogP contribution < -0.4 is 0 Å². The van der Waals surface area contributed by atoms with Crippen LogP contribution in [0.15, 0.2) is 12.4 Å². The van der Waals surface area contributed by atoms with Crippen molar-refractivity contribution in [1.29, 1.82) is 0 Å². The maximum atomic E-state index is 11.8. The van der Waals surface area contributed by atoms with Crippen LogP contribution in [-0.4, -0.2) is 36.4 Å². The summed E-state index contributed by atoms with van der Waals surface area (Å²) in [6.07, 6.45) is 3.33. The van der Waals surface area contributed by atoms with Crippen molar-refractivity contribution in [1.82, 2.24) is 13.9 Å². The molecule has 0 aliphatic rings. The first-order valence-corrected chi connectivity index (χ1v) is 5.76. The van der Waals surface area contributed by atoms with Gasteiger partial charge in [-0.15, -0.1) is 0 Å². The first-order chi connectivity index (χ1) is 6.37. The van der Waals surface area contributed by atoms with Gasteiger partial charge in [-0.1, -0.05) is 0 Å². The Balaban J connectivity index is 3.09. The maximum absolute atomic E-state index is 11.8. The van der Waals surface area contributed by atoms with Gasteiger partial charge in [0.1, 0.15) is 11.1 Å². The molecule has 0 spiro atoms. The highest BCUT2D eigenvalue weighted by atomic mass is 32.2. The quantitative estimate of drug-likeness (QED) is 0.735. The van der Waals surface area contributed by atoms with Crippen LogP contribution in [0.25, 0.3) is 0 Å². The highest BCUT2D eigenvalue weighted by molar-refractivity contribution is 7.89. The topological polar surface area (TPSA) is 55.2 Å². The first kappa shape index (κ1) is 11.2. The van der Waals surface area contributed by atoms with Crippen LogP contribution in [0.5, 0.6) is 0 Å². The smallest absolute Gasteiger partial charge is 0.223 e. The molecule has 1 aromatic rings. The third-order valence-electron chi connectivity index (χ3n) is 2.18. The van der Waals surface area contributed by atoms with E-state index in [4.69, 9.17) is 0 Å². The van der Waals surface area contributed by atoms with E-state index >= 15 is 0 Å². The summed E-state index contributed by atoms with van der Waals surface area (Å²) in [7, 11) is 1.55. The van der Waals surface area contributed by atoms with Gasteiger partial charge in [-0.2, -0.15) is 0 Å². The minimum atomic E-state index is -3.27. The summed E-state index contributed by atoms with van der Waals surface area (Å²) in [5, 5.41) is -0.613. The molecule has 1 rings (SSSR count). The Hall–Kier alpha value is -0.880. The number of nitrogens with zero attached hydrogens (tertiary/aromatic N) is 3. The Morgan fingerprint density at radius 3 is 2.43 bits per heavy atom. The van der Waals surface area contributed by atoms with Crippen LogP contribution in [-0.2, 0) is 17.1 Å². The lowest BCUT2D eigenvalue weighted by molar-refractivity contribution is 0.505. The molecule has 0 amide bonds. The van der Waals surface area contributed by atoms with Gasteiger partial charge in [0.15, 0.2) is 0 Å². The molecule has 0 fully saturated rings. The van der Waals surface area contributed by atoms with Gasteiger partial charge in [-0.25, -0.2) is 17.7 Å². The fraction of sp³-hybridized carbons (Fsp3) is 0.625. The summed E-state index contributed by atoms with van der Waals surface area (Å²) in [4.78, 5) is 4.02. The molecule has 14 heavy (non-hydrogen) atoms. The largest absolute Gasteiger partial charge is 0.337 e. The van der Waals surface area contributed by atoms with Crippen LogP contribution >= 0.6 is 0 Å². The summed E-state index contributed by atoms with van der Waals surface area (Å²) in [5.41, 5.74) is 0. The summed E-state index contributed by atoms with van der Waals surface area (Å²) in [6.45, 7) is 1.64.